The van der Waals surface area contributed by atoms with Crippen molar-refractivity contribution in [1.29, 1.82) is 0 Å². The fourth-order valence-electron chi connectivity index (χ4n) is 4.85. The van der Waals surface area contributed by atoms with E-state index in [0.717, 1.165) is 25.7 Å². The van der Waals surface area contributed by atoms with Gasteiger partial charge in [0.15, 0.2) is 0 Å². The molecule has 1 aromatic carbocycles. The first kappa shape index (κ1) is 21.6. The topological polar surface area (TPSA) is 79.4 Å². The average Bonchev–Trinajstić information content (AvgIpc) is 2.84. The molecule has 1 unspecified atom stereocenters. The van der Waals surface area contributed by atoms with E-state index in [1.807, 2.05) is 9.80 Å². The lowest BCUT2D eigenvalue weighted by Crippen LogP contribution is -2.54. The fourth-order valence-corrected chi connectivity index (χ4v) is 4.85. The number of methoxy groups -OCH3 is 1. The monoisotopic (exact) mass is 429 g/mol. The molecular weight excluding hydrogens is 398 g/mol. The van der Waals surface area contributed by atoms with Gasteiger partial charge < -0.3 is 24.2 Å². The Balaban J connectivity index is 1.31. The minimum Gasteiger partial charge on any atom is -0.497 e. The highest BCUT2D eigenvalue weighted by Gasteiger charge is 2.35. The number of hydrogen-bond donors (Lipinski definition) is 0. The van der Waals surface area contributed by atoms with Crippen LogP contribution in [0.5, 0.6) is 5.75 Å². The lowest BCUT2D eigenvalue weighted by atomic mass is 9.94. The highest BCUT2D eigenvalue weighted by molar-refractivity contribution is 5.95. The van der Waals surface area contributed by atoms with E-state index >= 15 is 0 Å². The molecule has 31 heavy (non-hydrogen) atoms. The maximum absolute atomic E-state index is 13.2. The second kappa shape index (κ2) is 9.68. The Morgan fingerprint density at radius 3 is 2.42 bits per heavy atom. The number of benzene rings is 1. The van der Waals surface area contributed by atoms with Crippen LogP contribution in [0.15, 0.2) is 24.3 Å². The number of carbonyl (C=O) groups is 3. The van der Waals surface area contributed by atoms with Crippen LogP contribution in [0.4, 0.5) is 0 Å². The van der Waals surface area contributed by atoms with E-state index in [4.69, 9.17) is 9.47 Å². The number of rotatable bonds is 4. The minimum absolute atomic E-state index is 0.0373. The van der Waals surface area contributed by atoms with Gasteiger partial charge in [-0.3, -0.25) is 14.4 Å². The second-order valence-corrected chi connectivity index (χ2v) is 8.51. The molecule has 3 amide bonds. The molecule has 4 rings (SSSR count). The summed E-state index contributed by atoms with van der Waals surface area (Å²) < 4.78 is 10.4. The van der Waals surface area contributed by atoms with E-state index < -0.39 is 0 Å². The molecule has 168 valence electrons. The van der Waals surface area contributed by atoms with E-state index in [1.165, 1.54) is 0 Å². The lowest BCUT2D eigenvalue weighted by molar-refractivity contribution is -0.148. The molecule has 8 nitrogen and oxygen atoms in total. The van der Waals surface area contributed by atoms with E-state index in [0.29, 0.717) is 50.6 Å². The average molecular weight is 430 g/mol. The third-order valence-corrected chi connectivity index (χ3v) is 6.63. The van der Waals surface area contributed by atoms with Crippen LogP contribution in [0.3, 0.4) is 0 Å². The number of nitrogens with zero attached hydrogens (tertiary/aromatic N) is 3. The molecule has 0 bridgehead atoms. The number of morpholine rings is 1. The molecule has 0 saturated carbocycles. The van der Waals surface area contributed by atoms with Crippen LogP contribution in [0.1, 0.15) is 36.0 Å². The smallest absolute Gasteiger partial charge is 0.253 e. The molecule has 3 fully saturated rings. The number of carbonyl (C=O) groups excluding carboxylic acids is 3. The summed E-state index contributed by atoms with van der Waals surface area (Å²) in [5.74, 6) is 0.711. The van der Waals surface area contributed by atoms with Crippen LogP contribution < -0.4 is 4.74 Å². The zero-order chi connectivity index (χ0) is 21.8. The predicted octanol–water partition coefficient (Wildman–Crippen LogP) is 1.40. The van der Waals surface area contributed by atoms with Gasteiger partial charge in [0, 0.05) is 44.3 Å². The summed E-state index contributed by atoms with van der Waals surface area (Å²) in [5.41, 5.74) is 0.616. The van der Waals surface area contributed by atoms with Gasteiger partial charge in [0.1, 0.15) is 12.4 Å². The highest BCUT2D eigenvalue weighted by Crippen LogP contribution is 2.25. The summed E-state index contributed by atoms with van der Waals surface area (Å²) in [4.78, 5) is 43.8. The van der Waals surface area contributed by atoms with Crippen LogP contribution in [0.25, 0.3) is 0 Å². The Morgan fingerprint density at radius 2 is 1.74 bits per heavy atom. The molecule has 3 heterocycles. The quantitative estimate of drug-likeness (QED) is 0.723. The minimum atomic E-state index is -0.155. The highest BCUT2D eigenvalue weighted by atomic mass is 16.5. The van der Waals surface area contributed by atoms with Crippen LogP contribution in [0.2, 0.25) is 0 Å². The number of amides is 3. The first-order chi connectivity index (χ1) is 15.1. The molecule has 3 saturated heterocycles. The third-order valence-electron chi connectivity index (χ3n) is 6.63. The lowest BCUT2D eigenvalue weighted by Gasteiger charge is -2.41. The Labute approximate surface area is 183 Å². The fraction of sp³-hybridized carbons (Fsp3) is 0.609. The van der Waals surface area contributed by atoms with Crippen LogP contribution in [0, 0.1) is 5.92 Å². The van der Waals surface area contributed by atoms with E-state index in [9.17, 15) is 14.4 Å². The molecule has 0 radical (unpaired) electrons. The molecule has 1 atom stereocenters. The van der Waals surface area contributed by atoms with Gasteiger partial charge in [0.2, 0.25) is 11.8 Å². The van der Waals surface area contributed by atoms with Gasteiger partial charge in [0.05, 0.1) is 19.6 Å². The third kappa shape index (κ3) is 4.84. The van der Waals surface area contributed by atoms with E-state index in [-0.39, 0.29) is 36.3 Å². The standard InChI is InChI=1S/C23H31N3O5/c1-30-20-6-4-17(5-7-20)22(28)25-10-2-3-18(15-25)23(29)24-11-8-19(9-12-24)26-13-14-31-16-21(26)27/h4-7,18-19H,2-3,8-16H2,1H3. The molecule has 1 aromatic rings. The Morgan fingerprint density at radius 1 is 1.00 bits per heavy atom. The summed E-state index contributed by atoms with van der Waals surface area (Å²) in [7, 11) is 1.60. The SMILES string of the molecule is COc1ccc(C(=O)N2CCCC(C(=O)N3CCC(N4CCOCC4=O)CC3)C2)cc1. The van der Waals surface area contributed by atoms with Crippen molar-refractivity contribution < 1.29 is 23.9 Å². The van der Waals surface area contributed by atoms with Gasteiger partial charge >= 0.3 is 0 Å². The zero-order valence-electron chi connectivity index (χ0n) is 18.1. The maximum Gasteiger partial charge on any atom is 0.253 e. The summed E-state index contributed by atoms with van der Waals surface area (Å²) in [6, 6.07) is 7.29. The second-order valence-electron chi connectivity index (χ2n) is 8.51. The van der Waals surface area contributed by atoms with Crippen molar-refractivity contribution in [1.82, 2.24) is 14.7 Å². The summed E-state index contributed by atoms with van der Waals surface area (Å²) >= 11 is 0. The van der Waals surface area contributed by atoms with Crippen LogP contribution in [-0.2, 0) is 14.3 Å². The Kier molecular flexibility index (Phi) is 6.75. The summed E-state index contributed by atoms with van der Waals surface area (Å²) in [6.07, 6.45) is 3.25. The normalized spacial score (nSPS) is 23.1. The van der Waals surface area contributed by atoms with Gasteiger partial charge in [0.25, 0.3) is 5.91 Å². The van der Waals surface area contributed by atoms with Crippen molar-refractivity contribution >= 4 is 17.7 Å². The molecule has 0 N–H and O–H groups in total. The van der Waals surface area contributed by atoms with Crippen molar-refractivity contribution in [3.05, 3.63) is 29.8 Å². The number of ether oxygens (including phenoxy) is 2. The van der Waals surface area contributed by atoms with Crippen molar-refractivity contribution in [2.75, 3.05) is 53.0 Å². The first-order valence-electron chi connectivity index (χ1n) is 11.2. The number of hydrogen-bond acceptors (Lipinski definition) is 5. The van der Waals surface area contributed by atoms with E-state index in [1.54, 1.807) is 36.3 Å². The van der Waals surface area contributed by atoms with Crippen LogP contribution >= 0.6 is 0 Å². The van der Waals surface area contributed by atoms with Gasteiger partial charge in [-0.2, -0.15) is 0 Å². The van der Waals surface area contributed by atoms with Crippen molar-refractivity contribution in [2.24, 2.45) is 5.92 Å². The molecule has 0 spiro atoms. The molecule has 0 aliphatic carbocycles. The van der Waals surface area contributed by atoms with E-state index in [2.05, 4.69) is 0 Å². The maximum atomic E-state index is 13.2. The van der Waals surface area contributed by atoms with Gasteiger partial charge in [-0.05, 0) is 49.9 Å². The molecule has 3 aliphatic heterocycles. The molecular formula is C23H31N3O5. The number of piperidine rings is 2. The summed E-state index contributed by atoms with van der Waals surface area (Å²) in [6.45, 7) is 3.86. The molecule has 8 heteroatoms. The van der Waals surface area contributed by atoms with Crippen molar-refractivity contribution in [3.63, 3.8) is 0 Å². The molecule has 0 aromatic heterocycles. The van der Waals surface area contributed by atoms with Gasteiger partial charge in [-0.25, -0.2) is 0 Å². The van der Waals surface area contributed by atoms with Crippen molar-refractivity contribution in [3.8, 4) is 5.75 Å². The molecule has 3 aliphatic rings. The van der Waals surface area contributed by atoms with Crippen LogP contribution in [-0.4, -0.2) is 91.5 Å². The zero-order valence-corrected chi connectivity index (χ0v) is 18.1. The first-order valence-corrected chi connectivity index (χ1v) is 11.2. The largest absolute Gasteiger partial charge is 0.497 e. The number of likely N-dealkylation sites (tertiary alicyclic amines) is 2. The summed E-state index contributed by atoms with van der Waals surface area (Å²) in [5, 5.41) is 0. The Hall–Kier alpha value is -2.61. The Bertz CT molecular complexity index is 804. The predicted molar refractivity (Wildman–Crippen MR) is 114 cm³/mol. The van der Waals surface area contributed by atoms with Crippen molar-refractivity contribution in [2.45, 2.75) is 31.7 Å². The van der Waals surface area contributed by atoms with Gasteiger partial charge in [-0.1, -0.05) is 0 Å². The van der Waals surface area contributed by atoms with Gasteiger partial charge in [-0.15, -0.1) is 0 Å².